The van der Waals surface area contributed by atoms with Crippen LogP contribution in [0.4, 0.5) is 0 Å². The number of hydrogen-bond acceptors (Lipinski definition) is 3. The minimum Gasteiger partial charge on any atom is -0.496 e. The van der Waals surface area contributed by atoms with Gasteiger partial charge in [-0.2, -0.15) is 0 Å². The fourth-order valence-corrected chi connectivity index (χ4v) is 2.22. The van der Waals surface area contributed by atoms with E-state index < -0.39 is 0 Å². The second-order valence-corrected chi connectivity index (χ2v) is 5.53. The highest BCUT2D eigenvalue weighted by Gasteiger charge is 2.10. The molecule has 126 valence electrons. The molecule has 2 N–H and O–H groups in total. The molecular weight excluding hydrogens is 304 g/mol. The Morgan fingerprint density at radius 1 is 0.917 bits per heavy atom. The summed E-state index contributed by atoms with van der Waals surface area (Å²) in [6.07, 6.45) is -0.193. The number of para-hydroxylation sites is 1. The normalized spacial score (nSPS) is 10.1. The molecule has 0 aliphatic rings. The van der Waals surface area contributed by atoms with E-state index in [9.17, 15) is 9.59 Å². The molecule has 2 amide bonds. The van der Waals surface area contributed by atoms with E-state index in [4.69, 9.17) is 4.74 Å². The third kappa shape index (κ3) is 5.43. The highest BCUT2D eigenvalue weighted by atomic mass is 16.5. The third-order valence-corrected chi connectivity index (χ3v) is 3.60. The minimum atomic E-state index is -0.317. The van der Waals surface area contributed by atoms with Crippen molar-refractivity contribution >= 4 is 11.8 Å². The Kier molecular flexibility index (Phi) is 6.37. The van der Waals surface area contributed by atoms with Crippen LogP contribution in [0.25, 0.3) is 0 Å². The highest BCUT2D eigenvalue weighted by Crippen LogP contribution is 2.16. The third-order valence-electron chi connectivity index (χ3n) is 3.60. The Morgan fingerprint density at radius 3 is 2.21 bits per heavy atom. The summed E-state index contributed by atoms with van der Waals surface area (Å²) in [5, 5.41) is 5.48. The Morgan fingerprint density at radius 2 is 1.54 bits per heavy atom. The van der Waals surface area contributed by atoms with Gasteiger partial charge < -0.3 is 15.4 Å². The van der Waals surface area contributed by atoms with Crippen molar-refractivity contribution in [1.82, 2.24) is 10.6 Å². The maximum absolute atomic E-state index is 11.9. The van der Waals surface area contributed by atoms with Crippen LogP contribution in [-0.4, -0.2) is 18.9 Å². The van der Waals surface area contributed by atoms with E-state index in [-0.39, 0.29) is 18.2 Å². The van der Waals surface area contributed by atoms with E-state index >= 15 is 0 Å². The first-order valence-electron chi connectivity index (χ1n) is 7.79. The maximum atomic E-state index is 11.9. The number of hydrogen-bond donors (Lipinski definition) is 2. The van der Waals surface area contributed by atoms with Crippen molar-refractivity contribution in [3.63, 3.8) is 0 Å². The lowest BCUT2D eigenvalue weighted by atomic mass is 10.1. The average molecular weight is 326 g/mol. The van der Waals surface area contributed by atoms with Gasteiger partial charge in [0.25, 0.3) is 0 Å². The number of methoxy groups -OCH3 is 1. The smallest absolute Gasteiger partial charge is 0.229 e. The lowest BCUT2D eigenvalue weighted by molar-refractivity contribution is -0.129. The number of carbonyl (C=O) groups excluding carboxylic acids is 2. The quantitative estimate of drug-likeness (QED) is 0.767. The predicted molar refractivity (Wildman–Crippen MR) is 92.5 cm³/mol. The molecule has 0 aliphatic heterocycles. The van der Waals surface area contributed by atoms with Crippen molar-refractivity contribution in [3.8, 4) is 5.75 Å². The number of nitrogens with one attached hydrogen (secondary N) is 2. The molecular formula is C19H22N2O3. The molecule has 0 aromatic heterocycles. The van der Waals surface area contributed by atoms with Gasteiger partial charge in [-0.25, -0.2) is 0 Å². The van der Waals surface area contributed by atoms with Crippen molar-refractivity contribution in [2.45, 2.75) is 26.4 Å². The van der Waals surface area contributed by atoms with Crippen LogP contribution < -0.4 is 15.4 Å². The standard InChI is InChI=1S/C19H22N2O3/c1-14-7-9-15(10-8-14)12-20-18(22)11-19(23)21-13-16-5-3-4-6-17(16)24-2/h3-10H,11-13H2,1-2H3,(H,20,22)(H,21,23). The fourth-order valence-electron chi connectivity index (χ4n) is 2.22. The first-order valence-corrected chi connectivity index (χ1v) is 7.79. The van der Waals surface area contributed by atoms with Crippen molar-refractivity contribution in [3.05, 3.63) is 65.2 Å². The zero-order valence-corrected chi connectivity index (χ0v) is 14.0. The zero-order valence-electron chi connectivity index (χ0n) is 14.0. The molecule has 0 bridgehead atoms. The van der Waals surface area contributed by atoms with E-state index in [0.717, 1.165) is 11.1 Å². The van der Waals surface area contributed by atoms with Crippen LogP contribution in [0, 0.1) is 6.92 Å². The monoisotopic (exact) mass is 326 g/mol. The maximum Gasteiger partial charge on any atom is 0.229 e. The first kappa shape index (κ1) is 17.5. The molecule has 0 heterocycles. The summed E-state index contributed by atoms with van der Waals surface area (Å²) in [6.45, 7) is 2.75. The van der Waals surface area contributed by atoms with Crippen LogP contribution in [0.5, 0.6) is 5.75 Å². The van der Waals surface area contributed by atoms with Crippen molar-refractivity contribution in [2.75, 3.05) is 7.11 Å². The summed E-state index contributed by atoms with van der Waals surface area (Å²) in [4.78, 5) is 23.7. The fraction of sp³-hybridized carbons (Fsp3) is 0.263. The summed E-state index contributed by atoms with van der Waals surface area (Å²) in [5.41, 5.74) is 3.04. The van der Waals surface area contributed by atoms with Gasteiger partial charge in [-0.1, -0.05) is 48.0 Å². The number of aryl methyl sites for hydroxylation is 1. The Hall–Kier alpha value is -2.82. The molecule has 2 rings (SSSR count). The van der Waals surface area contributed by atoms with Crippen LogP contribution in [0.3, 0.4) is 0 Å². The summed E-state index contributed by atoms with van der Waals surface area (Å²) in [5.74, 6) is 0.0945. The van der Waals surface area contributed by atoms with Crippen LogP contribution in [0.15, 0.2) is 48.5 Å². The van der Waals surface area contributed by atoms with Crippen LogP contribution >= 0.6 is 0 Å². The Labute approximate surface area is 142 Å². The molecule has 0 spiro atoms. The van der Waals surface area contributed by atoms with Crippen LogP contribution in [0.2, 0.25) is 0 Å². The molecule has 24 heavy (non-hydrogen) atoms. The molecule has 5 heteroatoms. The summed E-state index contributed by atoms with van der Waals surface area (Å²) in [6, 6.07) is 15.3. The van der Waals surface area contributed by atoms with E-state index in [1.165, 1.54) is 5.56 Å². The second kappa shape index (κ2) is 8.72. The summed E-state index contributed by atoms with van der Waals surface area (Å²) in [7, 11) is 1.58. The van der Waals surface area contributed by atoms with E-state index in [1.807, 2.05) is 55.5 Å². The Bertz CT molecular complexity index is 696. The van der Waals surface area contributed by atoms with Crippen LogP contribution in [-0.2, 0) is 22.7 Å². The molecule has 5 nitrogen and oxygen atoms in total. The molecule has 0 fully saturated rings. The molecule has 0 unspecified atom stereocenters. The van der Waals surface area contributed by atoms with E-state index in [2.05, 4.69) is 10.6 Å². The van der Waals surface area contributed by atoms with Gasteiger partial charge in [0.15, 0.2) is 0 Å². The van der Waals surface area contributed by atoms with Gasteiger partial charge >= 0.3 is 0 Å². The minimum absolute atomic E-state index is 0.193. The van der Waals surface area contributed by atoms with Crippen molar-refractivity contribution < 1.29 is 14.3 Å². The molecule has 0 radical (unpaired) electrons. The van der Waals surface area contributed by atoms with Gasteiger partial charge in [-0.15, -0.1) is 0 Å². The van der Waals surface area contributed by atoms with Gasteiger partial charge in [0, 0.05) is 18.7 Å². The van der Waals surface area contributed by atoms with Gasteiger partial charge in [0.05, 0.1) is 7.11 Å². The summed E-state index contributed by atoms with van der Waals surface area (Å²) >= 11 is 0. The van der Waals surface area contributed by atoms with Crippen molar-refractivity contribution in [1.29, 1.82) is 0 Å². The van der Waals surface area contributed by atoms with E-state index in [1.54, 1.807) is 7.11 Å². The molecule has 0 saturated heterocycles. The van der Waals surface area contributed by atoms with Gasteiger partial charge in [0.2, 0.25) is 11.8 Å². The van der Waals surface area contributed by atoms with Crippen LogP contribution in [0.1, 0.15) is 23.1 Å². The number of ether oxygens (including phenoxy) is 1. The molecule has 0 aliphatic carbocycles. The SMILES string of the molecule is COc1ccccc1CNC(=O)CC(=O)NCc1ccc(C)cc1. The first-order chi connectivity index (χ1) is 11.6. The van der Waals surface area contributed by atoms with E-state index in [0.29, 0.717) is 18.8 Å². The van der Waals surface area contributed by atoms with Crippen molar-refractivity contribution in [2.24, 2.45) is 0 Å². The largest absolute Gasteiger partial charge is 0.496 e. The topological polar surface area (TPSA) is 67.4 Å². The number of rotatable bonds is 7. The molecule has 0 atom stereocenters. The van der Waals surface area contributed by atoms with Gasteiger partial charge in [0.1, 0.15) is 12.2 Å². The zero-order chi connectivity index (χ0) is 17.4. The molecule has 2 aromatic carbocycles. The second-order valence-electron chi connectivity index (χ2n) is 5.53. The summed E-state index contributed by atoms with van der Waals surface area (Å²) < 4.78 is 5.22. The lowest BCUT2D eigenvalue weighted by Gasteiger charge is -2.10. The number of benzene rings is 2. The lowest BCUT2D eigenvalue weighted by Crippen LogP contribution is -2.31. The predicted octanol–water partition coefficient (Wildman–Crippen LogP) is 2.33. The highest BCUT2D eigenvalue weighted by molar-refractivity contribution is 5.96. The molecule has 2 aromatic rings. The van der Waals surface area contributed by atoms with Gasteiger partial charge in [-0.05, 0) is 18.6 Å². The molecule has 0 saturated carbocycles. The Balaban J connectivity index is 1.75. The average Bonchev–Trinajstić information content (AvgIpc) is 2.59. The number of amides is 2. The van der Waals surface area contributed by atoms with Gasteiger partial charge in [-0.3, -0.25) is 9.59 Å². The number of carbonyl (C=O) groups is 2.